The molecule has 0 N–H and O–H groups in total. The molecular weight excluding hydrogens is 383 g/mol. The Kier molecular flexibility index (Phi) is 5.88. The highest BCUT2D eigenvalue weighted by molar-refractivity contribution is 6.43. The number of ether oxygens (including phenoxy) is 1. The highest BCUT2D eigenvalue weighted by atomic mass is 35.5. The van der Waals surface area contributed by atoms with Gasteiger partial charge in [-0.1, -0.05) is 60.0 Å². The molecule has 4 nitrogen and oxygen atoms in total. The largest absolute Gasteiger partial charge is 0.482 e. The molecule has 1 heterocycles. The molecule has 0 radical (unpaired) electrons. The van der Waals surface area contributed by atoms with Crippen LogP contribution in [-0.4, -0.2) is 22.3 Å². The van der Waals surface area contributed by atoms with Crippen LogP contribution in [0, 0.1) is 6.92 Å². The van der Waals surface area contributed by atoms with Gasteiger partial charge in [-0.05, 0) is 43.5 Å². The van der Waals surface area contributed by atoms with Crippen molar-refractivity contribution in [2.24, 2.45) is 0 Å². The number of nitrogens with zero attached hydrogens (tertiary/aromatic N) is 2. The van der Waals surface area contributed by atoms with Gasteiger partial charge in [0.05, 0.1) is 16.7 Å². The van der Waals surface area contributed by atoms with E-state index in [2.05, 4.69) is 11.7 Å². The number of hydrogen-bond donors (Lipinski definition) is 0. The first kappa shape index (κ1) is 19.5. The van der Waals surface area contributed by atoms with Crippen LogP contribution in [-0.2, 0) is 6.42 Å². The fourth-order valence-electron chi connectivity index (χ4n) is 2.77. The van der Waals surface area contributed by atoms with Gasteiger partial charge < -0.3 is 4.74 Å². The predicted molar refractivity (Wildman–Crippen MR) is 110 cm³/mol. The van der Waals surface area contributed by atoms with Gasteiger partial charge in [-0.25, -0.2) is 0 Å². The first-order valence-corrected chi connectivity index (χ1v) is 9.40. The van der Waals surface area contributed by atoms with E-state index in [1.165, 1.54) is 4.68 Å². The lowest BCUT2D eigenvalue weighted by Gasteiger charge is -2.12. The molecule has 0 unspecified atom stereocenters. The number of aromatic nitrogens is 2. The Hall–Kier alpha value is -2.30. The maximum atomic E-state index is 12.5. The number of carbonyl (C=O) groups excluding carboxylic acids is 1. The van der Waals surface area contributed by atoms with Crippen molar-refractivity contribution >= 4 is 40.0 Å². The minimum Gasteiger partial charge on any atom is -0.482 e. The monoisotopic (exact) mass is 402 g/mol. The number of hydrogen-bond acceptors (Lipinski definition) is 3. The first-order valence-electron chi connectivity index (χ1n) is 8.64. The third-order valence-corrected chi connectivity index (χ3v) is 5.28. The fourth-order valence-corrected chi connectivity index (χ4v) is 3.23. The van der Waals surface area contributed by atoms with E-state index in [1.807, 2.05) is 38.1 Å². The van der Waals surface area contributed by atoms with Crippen molar-refractivity contribution in [1.82, 2.24) is 9.78 Å². The van der Waals surface area contributed by atoms with Crippen LogP contribution >= 0.6 is 23.2 Å². The SMILES string of the molecule is C=C(CC)Cc1ccc(OCC(=O)n2ncc3cc(C)ccc32)c(Cl)c1Cl. The van der Waals surface area contributed by atoms with Gasteiger partial charge in [0.1, 0.15) is 10.8 Å². The molecule has 1 aromatic heterocycles. The molecule has 0 aliphatic heterocycles. The van der Waals surface area contributed by atoms with Crippen LogP contribution in [0.2, 0.25) is 10.0 Å². The molecule has 3 aromatic rings. The Balaban J connectivity index is 1.75. The van der Waals surface area contributed by atoms with E-state index < -0.39 is 0 Å². The molecule has 140 valence electrons. The predicted octanol–water partition coefficient (Wildman–Crippen LogP) is 5.88. The Morgan fingerprint density at radius 2 is 2.00 bits per heavy atom. The summed E-state index contributed by atoms with van der Waals surface area (Å²) >= 11 is 12.7. The maximum absolute atomic E-state index is 12.5. The molecule has 0 aliphatic rings. The third-order valence-electron chi connectivity index (χ3n) is 4.38. The molecule has 0 saturated carbocycles. The average molecular weight is 403 g/mol. The van der Waals surface area contributed by atoms with E-state index in [0.717, 1.165) is 34.0 Å². The first-order chi connectivity index (χ1) is 12.9. The van der Waals surface area contributed by atoms with E-state index in [4.69, 9.17) is 27.9 Å². The molecule has 0 aliphatic carbocycles. The van der Waals surface area contributed by atoms with Gasteiger partial charge in [0.25, 0.3) is 5.91 Å². The summed E-state index contributed by atoms with van der Waals surface area (Å²) in [6, 6.07) is 9.36. The van der Waals surface area contributed by atoms with Gasteiger partial charge in [-0.15, -0.1) is 0 Å². The van der Waals surface area contributed by atoms with Crippen LogP contribution in [0.25, 0.3) is 10.9 Å². The maximum Gasteiger partial charge on any atom is 0.285 e. The van der Waals surface area contributed by atoms with Crippen molar-refractivity contribution in [2.75, 3.05) is 6.61 Å². The van der Waals surface area contributed by atoms with Crippen LogP contribution < -0.4 is 4.74 Å². The molecule has 6 heteroatoms. The Morgan fingerprint density at radius 1 is 1.22 bits per heavy atom. The zero-order chi connectivity index (χ0) is 19.6. The van der Waals surface area contributed by atoms with Crippen molar-refractivity contribution < 1.29 is 9.53 Å². The van der Waals surface area contributed by atoms with Crippen LogP contribution in [0.3, 0.4) is 0 Å². The summed E-state index contributed by atoms with van der Waals surface area (Å²) in [6.07, 6.45) is 3.20. The van der Waals surface area contributed by atoms with E-state index >= 15 is 0 Å². The summed E-state index contributed by atoms with van der Waals surface area (Å²) in [4.78, 5) is 12.5. The molecule has 0 atom stereocenters. The second kappa shape index (κ2) is 8.15. The summed E-state index contributed by atoms with van der Waals surface area (Å²) in [7, 11) is 0. The minimum atomic E-state index is -0.288. The molecule has 0 bridgehead atoms. The summed E-state index contributed by atoms with van der Waals surface area (Å²) < 4.78 is 6.95. The number of carbonyl (C=O) groups is 1. The number of halogens is 2. The minimum absolute atomic E-state index is 0.193. The molecule has 27 heavy (non-hydrogen) atoms. The normalized spacial score (nSPS) is 11.0. The molecule has 3 rings (SSSR count). The second-order valence-electron chi connectivity index (χ2n) is 6.43. The summed E-state index contributed by atoms with van der Waals surface area (Å²) in [5, 5.41) is 5.80. The zero-order valence-corrected chi connectivity index (χ0v) is 16.8. The van der Waals surface area contributed by atoms with Crippen LogP contribution in [0.4, 0.5) is 0 Å². The van der Waals surface area contributed by atoms with Gasteiger partial charge in [-0.2, -0.15) is 9.78 Å². The summed E-state index contributed by atoms with van der Waals surface area (Å²) in [5.74, 6) is 0.0812. The fraction of sp³-hybridized carbons (Fsp3) is 0.238. The van der Waals surface area contributed by atoms with Crippen LogP contribution in [0.15, 0.2) is 48.7 Å². The molecule has 0 saturated heterocycles. The lowest BCUT2D eigenvalue weighted by Crippen LogP contribution is -2.20. The lowest BCUT2D eigenvalue weighted by molar-refractivity contribution is 0.0827. The number of allylic oxidation sites excluding steroid dienone is 1. The van der Waals surface area contributed by atoms with Gasteiger partial charge in [0, 0.05) is 5.39 Å². The van der Waals surface area contributed by atoms with Gasteiger partial charge >= 0.3 is 0 Å². The van der Waals surface area contributed by atoms with Crippen LogP contribution in [0.1, 0.15) is 29.3 Å². The second-order valence-corrected chi connectivity index (χ2v) is 7.19. The summed E-state index contributed by atoms with van der Waals surface area (Å²) in [5.41, 5.74) is 3.81. The topological polar surface area (TPSA) is 44.1 Å². The number of aryl methyl sites for hydroxylation is 1. The smallest absolute Gasteiger partial charge is 0.285 e. The van der Waals surface area contributed by atoms with Crippen molar-refractivity contribution in [3.8, 4) is 5.75 Å². The standard InChI is InChI=1S/C21H20Cl2N2O2/c1-4-13(2)9-15-6-8-18(21(23)20(15)22)27-12-19(26)25-17-7-5-14(3)10-16(17)11-24-25/h5-8,10-11H,2,4,9,12H2,1,3H3. The Morgan fingerprint density at radius 3 is 2.74 bits per heavy atom. The van der Waals surface area contributed by atoms with Crippen molar-refractivity contribution in [2.45, 2.75) is 26.7 Å². The molecular formula is C21H20Cl2N2O2. The quantitative estimate of drug-likeness (QED) is 0.483. The molecule has 0 spiro atoms. The highest BCUT2D eigenvalue weighted by Gasteiger charge is 2.15. The highest BCUT2D eigenvalue weighted by Crippen LogP contribution is 2.35. The summed E-state index contributed by atoms with van der Waals surface area (Å²) in [6.45, 7) is 7.84. The van der Waals surface area contributed by atoms with Crippen molar-refractivity contribution in [3.05, 3.63) is 69.9 Å². The van der Waals surface area contributed by atoms with E-state index in [-0.39, 0.29) is 12.5 Å². The zero-order valence-electron chi connectivity index (χ0n) is 15.3. The lowest BCUT2D eigenvalue weighted by atomic mass is 10.0. The van der Waals surface area contributed by atoms with E-state index in [9.17, 15) is 4.79 Å². The number of rotatable bonds is 6. The average Bonchev–Trinajstić information content (AvgIpc) is 3.07. The van der Waals surface area contributed by atoms with Gasteiger partial charge in [-0.3, -0.25) is 4.79 Å². The number of fused-ring (bicyclic) bond motifs is 1. The Bertz CT molecular complexity index is 1020. The van der Waals surface area contributed by atoms with E-state index in [0.29, 0.717) is 22.2 Å². The van der Waals surface area contributed by atoms with Crippen molar-refractivity contribution in [1.29, 1.82) is 0 Å². The van der Waals surface area contributed by atoms with Gasteiger partial charge in [0.15, 0.2) is 6.61 Å². The Labute approximate surface area is 168 Å². The van der Waals surface area contributed by atoms with Crippen LogP contribution in [0.5, 0.6) is 5.75 Å². The van der Waals surface area contributed by atoms with E-state index in [1.54, 1.807) is 12.3 Å². The van der Waals surface area contributed by atoms with Gasteiger partial charge in [0.2, 0.25) is 0 Å². The molecule has 0 fully saturated rings. The number of benzene rings is 2. The van der Waals surface area contributed by atoms with Crippen molar-refractivity contribution in [3.63, 3.8) is 0 Å². The molecule has 2 aromatic carbocycles. The molecule has 0 amide bonds. The third kappa shape index (κ3) is 4.18.